The first-order valence-corrected chi connectivity index (χ1v) is 11.6. The molecule has 3 heterocycles. The molecule has 174 valence electrons. The Kier molecular flexibility index (Phi) is 6.54. The summed E-state index contributed by atoms with van der Waals surface area (Å²) in [5.41, 5.74) is 1.63. The lowest BCUT2D eigenvalue weighted by molar-refractivity contribution is -0.0221. The van der Waals surface area contributed by atoms with Crippen molar-refractivity contribution >= 4 is 23.1 Å². The smallest absolute Gasteiger partial charge is 0.251 e. The molecule has 2 aromatic rings. The van der Waals surface area contributed by atoms with Gasteiger partial charge in [-0.1, -0.05) is 11.6 Å². The van der Waals surface area contributed by atoms with Crippen LogP contribution in [0.2, 0.25) is 5.15 Å². The van der Waals surface area contributed by atoms with E-state index in [0.29, 0.717) is 22.6 Å². The summed E-state index contributed by atoms with van der Waals surface area (Å²) in [5, 5.41) is 22.9. The fraction of sp³-hybridized carbons (Fsp3) is 0.609. The molecule has 6 nitrogen and oxygen atoms in total. The highest BCUT2D eigenvalue weighted by Crippen LogP contribution is 2.36. The molecular weight excluding hydrogens is 436 g/mol. The Labute approximate surface area is 192 Å². The number of halogens is 3. The lowest BCUT2D eigenvalue weighted by atomic mass is 9.77. The Morgan fingerprint density at radius 2 is 1.81 bits per heavy atom. The average molecular weight is 466 g/mol. The number of aromatic nitrogens is 3. The predicted octanol–water partition coefficient (Wildman–Crippen LogP) is 5.17. The molecule has 2 aromatic heterocycles. The van der Waals surface area contributed by atoms with Crippen LogP contribution in [0.1, 0.15) is 52.4 Å². The van der Waals surface area contributed by atoms with E-state index in [2.05, 4.69) is 20.5 Å². The molecule has 9 heteroatoms. The number of anilines is 2. The maximum absolute atomic E-state index is 13.4. The molecule has 0 unspecified atom stereocenters. The highest BCUT2D eigenvalue weighted by Gasteiger charge is 2.34. The van der Waals surface area contributed by atoms with Crippen LogP contribution in [-0.2, 0) is 0 Å². The fourth-order valence-electron chi connectivity index (χ4n) is 4.62. The zero-order chi connectivity index (χ0) is 22.9. The number of pyridine rings is 1. The van der Waals surface area contributed by atoms with E-state index >= 15 is 0 Å². The Balaban J connectivity index is 1.46. The number of hydrogen-bond acceptors (Lipinski definition) is 6. The van der Waals surface area contributed by atoms with Crippen molar-refractivity contribution < 1.29 is 13.9 Å². The van der Waals surface area contributed by atoms with E-state index in [0.717, 1.165) is 36.9 Å². The van der Waals surface area contributed by atoms with Crippen molar-refractivity contribution in [2.45, 2.75) is 69.9 Å². The Hall–Kier alpha value is -2.06. The molecule has 0 aromatic carbocycles. The van der Waals surface area contributed by atoms with Crippen LogP contribution in [0.3, 0.4) is 0 Å². The van der Waals surface area contributed by atoms with E-state index in [-0.39, 0.29) is 32.0 Å². The molecule has 0 amide bonds. The summed E-state index contributed by atoms with van der Waals surface area (Å²) in [7, 11) is 0. The van der Waals surface area contributed by atoms with E-state index < -0.39 is 11.5 Å². The van der Waals surface area contributed by atoms with Crippen molar-refractivity contribution in [3.8, 4) is 11.3 Å². The third kappa shape index (κ3) is 5.46. The van der Waals surface area contributed by atoms with Crippen LogP contribution in [0.5, 0.6) is 0 Å². The van der Waals surface area contributed by atoms with Gasteiger partial charge >= 0.3 is 0 Å². The molecule has 4 rings (SSSR count). The molecule has 32 heavy (non-hydrogen) atoms. The van der Waals surface area contributed by atoms with Crippen molar-refractivity contribution in [3.05, 3.63) is 29.5 Å². The van der Waals surface area contributed by atoms with Gasteiger partial charge in [-0.05, 0) is 63.6 Å². The molecule has 0 atom stereocenters. The molecule has 1 saturated carbocycles. The summed E-state index contributed by atoms with van der Waals surface area (Å²) in [6.07, 6.45) is 5.18. The van der Waals surface area contributed by atoms with Crippen LogP contribution in [-0.4, -0.2) is 50.9 Å². The molecule has 2 aliphatic rings. The van der Waals surface area contributed by atoms with Gasteiger partial charge in [0, 0.05) is 49.4 Å². The first kappa shape index (κ1) is 23.1. The summed E-state index contributed by atoms with van der Waals surface area (Å²) in [6.45, 7) is 4.29. The van der Waals surface area contributed by atoms with Crippen LogP contribution >= 0.6 is 11.6 Å². The van der Waals surface area contributed by atoms with Crippen LogP contribution in [0.4, 0.5) is 20.3 Å². The van der Waals surface area contributed by atoms with Crippen LogP contribution in [0.25, 0.3) is 11.3 Å². The first-order chi connectivity index (χ1) is 15.1. The Bertz CT molecular complexity index is 917. The van der Waals surface area contributed by atoms with Crippen LogP contribution < -0.4 is 10.2 Å². The van der Waals surface area contributed by atoms with Crippen molar-refractivity contribution in [1.29, 1.82) is 0 Å². The predicted molar refractivity (Wildman–Crippen MR) is 122 cm³/mol. The monoisotopic (exact) mass is 465 g/mol. The van der Waals surface area contributed by atoms with Gasteiger partial charge in [0.1, 0.15) is 5.15 Å². The average Bonchev–Trinajstić information content (AvgIpc) is 2.74. The maximum Gasteiger partial charge on any atom is 0.251 e. The standard InChI is InChI=1S/C23H30ClF2N5O/c1-22(2,32)15-3-5-16(6-4-15)28-19-13-20(24)27-14-17(19)18-7-8-21(30-29-18)31-11-9-23(25,26)10-12-31/h7-8,13-16,32H,3-6,9-12H2,1-2H3,(H,27,28). The highest BCUT2D eigenvalue weighted by atomic mass is 35.5. The van der Waals surface area contributed by atoms with Gasteiger partial charge in [-0.25, -0.2) is 13.8 Å². The van der Waals surface area contributed by atoms with Crippen molar-refractivity contribution in [2.24, 2.45) is 5.92 Å². The molecule has 1 saturated heterocycles. The summed E-state index contributed by atoms with van der Waals surface area (Å²) in [6, 6.07) is 5.73. The molecule has 0 bridgehead atoms. The van der Waals surface area contributed by atoms with Crippen LogP contribution in [0.15, 0.2) is 24.4 Å². The minimum absolute atomic E-state index is 0.165. The number of piperidine rings is 1. The quantitative estimate of drug-likeness (QED) is 0.593. The lowest BCUT2D eigenvalue weighted by Gasteiger charge is -2.36. The molecule has 2 N–H and O–H groups in total. The summed E-state index contributed by atoms with van der Waals surface area (Å²) < 4.78 is 26.9. The minimum Gasteiger partial charge on any atom is -0.390 e. The number of nitrogens with one attached hydrogen (secondary N) is 1. The third-order valence-corrected chi connectivity index (χ3v) is 6.91. The largest absolute Gasteiger partial charge is 0.390 e. The van der Waals surface area contributed by atoms with E-state index in [9.17, 15) is 13.9 Å². The number of aliphatic hydroxyl groups is 1. The number of rotatable bonds is 5. The van der Waals surface area contributed by atoms with Gasteiger partial charge in [-0.2, -0.15) is 0 Å². The topological polar surface area (TPSA) is 74.2 Å². The van der Waals surface area contributed by atoms with Gasteiger partial charge in [0.25, 0.3) is 5.92 Å². The van der Waals surface area contributed by atoms with Crippen molar-refractivity contribution in [1.82, 2.24) is 15.2 Å². The van der Waals surface area contributed by atoms with E-state index in [1.54, 1.807) is 12.3 Å². The maximum atomic E-state index is 13.4. The second-order valence-corrected chi connectivity index (χ2v) is 9.91. The minimum atomic E-state index is -2.59. The number of hydrogen-bond donors (Lipinski definition) is 2. The Morgan fingerprint density at radius 1 is 1.12 bits per heavy atom. The number of nitrogens with zero attached hydrogens (tertiary/aromatic N) is 4. The molecule has 0 spiro atoms. The zero-order valence-corrected chi connectivity index (χ0v) is 19.2. The second-order valence-electron chi connectivity index (χ2n) is 9.52. The fourth-order valence-corrected chi connectivity index (χ4v) is 4.78. The second kappa shape index (κ2) is 9.06. The van der Waals surface area contributed by atoms with E-state index in [1.165, 1.54) is 0 Å². The first-order valence-electron chi connectivity index (χ1n) is 11.2. The SMILES string of the molecule is CC(C)(O)C1CCC(Nc2cc(Cl)ncc2-c2ccc(N3CCC(F)(F)CC3)nn2)CC1. The zero-order valence-electron chi connectivity index (χ0n) is 18.5. The molecular formula is C23H30ClF2N5O. The van der Waals surface area contributed by atoms with Gasteiger partial charge < -0.3 is 15.3 Å². The van der Waals surface area contributed by atoms with Gasteiger partial charge in [0.05, 0.1) is 11.3 Å². The van der Waals surface area contributed by atoms with Crippen molar-refractivity contribution in [3.63, 3.8) is 0 Å². The Morgan fingerprint density at radius 3 is 2.41 bits per heavy atom. The van der Waals surface area contributed by atoms with Gasteiger partial charge in [0.2, 0.25) is 0 Å². The highest BCUT2D eigenvalue weighted by molar-refractivity contribution is 6.29. The van der Waals surface area contributed by atoms with Crippen molar-refractivity contribution in [2.75, 3.05) is 23.3 Å². The molecule has 1 aliphatic heterocycles. The van der Waals surface area contributed by atoms with E-state index in [4.69, 9.17) is 11.6 Å². The van der Waals surface area contributed by atoms with Crippen LogP contribution in [0, 0.1) is 5.92 Å². The molecule has 1 aliphatic carbocycles. The van der Waals surface area contributed by atoms with Gasteiger partial charge in [0.15, 0.2) is 5.82 Å². The summed E-state index contributed by atoms with van der Waals surface area (Å²) >= 11 is 6.17. The van der Waals surface area contributed by atoms with Gasteiger partial charge in [-0.15, -0.1) is 10.2 Å². The molecule has 2 fully saturated rings. The lowest BCUT2D eigenvalue weighted by Crippen LogP contribution is -2.39. The number of alkyl halides is 2. The molecule has 0 radical (unpaired) electrons. The van der Waals surface area contributed by atoms with E-state index in [1.807, 2.05) is 30.9 Å². The normalized spacial score (nSPS) is 23.8. The summed E-state index contributed by atoms with van der Waals surface area (Å²) in [5.74, 6) is -1.69. The summed E-state index contributed by atoms with van der Waals surface area (Å²) in [4.78, 5) is 6.05. The third-order valence-electron chi connectivity index (χ3n) is 6.70. The van der Waals surface area contributed by atoms with Gasteiger partial charge in [-0.3, -0.25) is 0 Å².